The second kappa shape index (κ2) is 11.9. The molecule has 0 unspecified atom stereocenters. The molecule has 0 radical (unpaired) electrons. The molecule has 1 atom stereocenters. The van der Waals surface area contributed by atoms with Crippen molar-refractivity contribution in [2.75, 3.05) is 30.5 Å². The summed E-state index contributed by atoms with van der Waals surface area (Å²) in [4.78, 5) is 55.7. The van der Waals surface area contributed by atoms with Crippen LogP contribution in [0.3, 0.4) is 0 Å². The van der Waals surface area contributed by atoms with Gasteiger partial charge in [0.25, 0.3) is 5.91 Å². The molecular formula is C28H29N3O6S. The van der Waals surface area contributed by atoms with Gasteiger partial charge in [-0.2, -0.15) is 0 Å². The minimum atomic E-state index is -0.974. The fourth-order valence-electron chi connectivity index (χ4n) is 4.26. The minimum Gasteiger partial charge on any atom is -0.497 e. The van der Waals surface area contributed by atoms with E-state index in [0.29, 0.717) is 29.1 Å². The highest BCUT2D eigenvalue weighted by atomic mass is 32.1. The molecule has 1 N–H and O–H groups in total. The van der Waals surface area contributed by atoms with Gasteiger partial charge < -0.3 is 19.7 Å². The summed E-state index contributed by atoms with van der Waals surface area (Å²) >= 11 is 1.59. The fourth-order valence-corrected chi connectivity index (χ4v) is 5.16. The number of esters is 1. The summed E-state index contributed by atoms with van der Waals surface area (Å²) in [5.41, 5.74) is 2.22. The van der Waals surface area contributed by atoms with Gasteiger partial charge in [-0.3, -0.25) is 9.59 Å². The van der Waals surface area contributed by atoms with E-state index in [0.717, 1.165) is 15.3 Å². The molecule has 1 saturated heterocycles. The summed E-state index contributed by atoms with van der Waals surface area (Å²) < 4.78 is 10.2. The number of thiophene rings is 1. The highest BCUT2D eigenvalue weighted by molar-refractivity contribution is 7.10. The van der Waals surface area contributed by atoms with E-state index >= 15 is 0 Å². The van der Waals surface area contributed by atoms with E-state index in [9.17, 15) is 19.2 Å². The SMILES string of the molecule is CCOC(=O)c1cccc(NC(=O)C[C@H]2C(=O)N(c3ccc(OC)cc3)C(=O)N2CCc2sccc2C)c1. The van der Waals surface area contributed by atoms with Gasteiger partial charge >= 0.3 is 12.0 Å². The van der Waals surface area contributed by atoms with Crippen molar-refractivity contribution >= 4 is 46.5 Å². The molecule has 0 spiro atoms. The van der Waals surface area contributed by atoms with Crippen molar-refractivity contribution < 1.29 is 28.7 Å². The van der Waals surface area contributed by atoms with Crippen molar-refractivity contribution in [3.8, 4) is 5.75 Å². The van der Waals surface area contributed by atoms with E-state index in [1.807, 2.05) is 18.4 Å². The number of amides is 4. The number of ether oxygens (including phenoxy) is 2. The second-order valence-electron chi connectivity index (χ2n) is 8.69. The number of hydrogen-bond acceptors (Lipinski definition) is 7. The van der Waals surface area contributed by atoms with Crippen LogP contribution >= 0.6 is 11.3 Å². The van der Waals surface area contributed by atoms with E-state index in [1.54, 1.807) is 60.7 Å². The molecule has 4 amide bonds. The summed E-state index contributed by atoms with van der Waals surface area (Å²) in [5, 5.41) is 4.73. The third-order valence-corrected chi connectivity index (χ3v) is 7.32. The van der Waals surface area contributed by atoms with E-state index in [2.05, 4.69) is 5.32 Å². The van der Waals surface area contributed by atoms with Gasteiger partial charge in [-0.1, -0.05) is 6.07 Å². The molecule has 2 aromatic carbocycles. The predicted octanol–water partition coefficient (Wildman–Crippen LogP) is 4.65. The lowest BCUT2D eigenvalue weighted by molar-refractivity contribution is -0.124. The number of aryl methyl sites for hydroxylation is 1. The number of benzene rings is 2. The lowest BCUT2D eigenvalue weighted by atomic mass is 10.1. The molecule has 0 saturated carbocycles. The van der Waals surface area contributed by atoms with Crippen LogP contribution in [0.5, 0.6) is 5.75 Å². The van der Waals surface area contributed by atoms with Gasteiger partial charge in [0, 0.05) is 17.1 Å². The maximum atomic E-state index is 13.5. The van der Waals surface area contributed by atoms with Crippen molar-refractivity contribution in [3.63, 3.8) is 0 Å². The van der Waals surface area contributed by atoms with Crippen molar-refractivity contribution in [2.24, 2.45) is 0 Å². The Kier molecular flexibility index (Phi) is 8.42. The van der Waals surface area contributed by atoms with E-state index in [4.69, 9.17) is 9.47 Å². The van der Waals surface area contributed by atoms with Crippen LogP contribution < -0.4 is 15.0 Å². The molecule has 198 valence electrons. The first-order chi connectivity index (χ1) is 18.3. The summed E-state index contributed by atoms with van der Waals surface area (Å²) in [7, 11) is 1.53. The maximum absolute atomic E-state index is 13.5. The van der Waals surface area contributed by atoms with Gasteiger partial charge in [0.05, 0.1) is 31.4 Å². The quantitative estimate of drug-likeness (QED) is 0.299. The Bertz CT molecular complexity index is 1340. The number of anilines is 2. The minimum absolute atomic E-state index is 0.232. The van der Waals surface area contributed by atoms with Crippen molar-refractivity contribution in [1.29, 1.82) is 0 Å². The van der Waals surface area contributed by atoms with Crippen LogP contribution in [-0.2, 0) is 20.7 Å². The molecular weight excluding hydrogens is 506 g/mol. The Labute approximate surface area is 225 Å². The van der Waals surface area contributed by atoms with Crippen molar-refractivity contribution in [2.45, 2.75) is 32.7 Å². The van der Waals surface area contributed by atoms with Gasteiger partial charge in [0.15, 0.2) is 0 Å². The monoisotopic (exact) mass is 535 g/mol. The fraction of sp³-hybridized carbons (Fsp3) is 0.286. The Balaban J connectivity index is 1.54. The first-order valence-electron chi connectivity index (χ1n) is 12.2. The molecule has 38 heavy (non-hydrogen) atoms. The molecule has 1 fully saturated rings. The Morgan fingerprint density at radius 3 is 2.50 bits per heavy atom. The standard InChI is InChI=1S/C28H29N3O6S/c1-4-37-27(34)19-6-5-7-20(16-19)29-25(32)17-23-26(33)31(21-8-10-22(36-3)11-9-21)28(35)30(23)14-12-24-18(2)13-15-38-24/h5-11,13,15-16,23H,4,12,14,17H2,1-3H3,(H,29,32)/t23-/m0/s1. The Morgan fingerprint density at radius 2 is 1.84 bits per heavy atom. The average Bonchev–Trinajstić information content (AvgIpc) is 3.42. The molecule has 10 heteroatoms. The summed E-state index contributed by atoms with van der Waals surface area (Å²) in [6.07, 6.45) is 0.336. The second-order valence-corrected chi connectivity index (χ2v) is 9.69. The summed E-state index contributed by atoms with van der Waals surface area (Å²) in [5.74, 6) is -0.825. The van der Waals surface area contributed by atoms with E-state index < -0.39 is 29.9 Å². The summed E-state index contributed by atoms with van der Waals surface area (Å²) in [6, 6.07) is 13.6. The average molecular weight is 536 g/mol. The Morgan fingerprint density at radius 1 is 1.08 bits per heavy atom. The zero-order valence-electron chi connectivity index (χ0n) is 21.4. The highest BCUT2D eigenvalue weighted by Gasteiger charge is 2.46. The molecule has 2 heterocycles. The molecule has 9 nitrogen and oxygen atoms in total. The molecule has 4 rings (SSSR count). The molecule has 0 aliphatic carbocycles. The highest BCUT2D eigenvalue weighted by Crippen LogP contribution is 2.29. The molecule has 1 aromatic heterocycles. The third-order valence-electron chi connectivity index (χ3n) is 6.23. The zero-order chi connectivity index (χ0) is 27.2. The number of imide groups is 1. The van der Waals surface area contributed by atoms with Crippen molar-refractivity contribution in [1.82, 2.24) is 4.90 Å². The predicted molar refractivity (Wildman–Crippen MR) is 145 cm³/mol. The Hall–Kier alpha value is -4.18. The van der Waals surface area contributed by atoms with Gasteiger partial charge in [0.1, 0.15) is 11.8 Å². The zero-order valence-corrected chi connectivity index (χ0v) is 22.2. The molecule has 0 bridgehead atoms. The molecule has 1 aliphatic rings. The number of carbonyl (C=O) groups excluding carboxylic acids is 4. The van der Waals surface area contributed by atoms with E-state index in [1.165, 1.54) is 18.1 Å². The van der Waals surface area contributed by atoms with Crippen LogP contribution in [0, 0.1) is 6.92 Å². The van der Waals surface area contributed by atoms with Gasteiger partial charge in [-0.15, -0.1) is 11.3 Å². The lowest BCUT2D eigenvalue weighted by Crippen LogP contribution is -2.39. The van der Waals surface area contributed by atoms with Crippen LogP contribution in [0.1, 0.15) is 34.1 Å². The third kappa shape index (κ3) is 5.86. The number of hydrogen-bond donors (Lipinski definition) is 1. The lowest BCUT2D eigenvalue weighted by Gasteiger charge is -2.21. The van der Waals surface area contributed by atoms with Crippen LogP contribution in [-0.4, -0.2) is 55.0 Å². The first-order valence-corrected chi connectivity index (χ1v) is 13.1. The number of nitrogens with zero attached hydrogens (tertiary/aromatic N) is 2. The number of rotatable bonds is 10. The number of methoxy groups -OCH3 is 1. The summed E-state index contributed by atoms with van der Waals surface area (Å²) in [6.45, 7) is 4.24. The van der Waals surface area contributed by atoms with Gasteiger partial charge in [-0.25, -0.2) is 14.5 Å². The number of urea groups is 1. The van der Waals surface area contributed by atoms with Crippen LogP contribution in [0.15, 0.2) is 60.0 Å². The number of nitrogens with one attached hydrogen (secondary N) is 1. The number of carbonyl (C=O) groups is 4. The van der Waals surface area contributed by atoms with Crippen LogP contribution in [0.25, 0.3) is 0 Å². The molecule has 1 aliphatic heterocycles. The van der Waals surface area contributed by atoms with Gasteiger partial charge in [-0.05, 0) is 79.7 Å². The largest absolute Gasteiger partial charge is 0.497 e. The van der Waals surface area contributed by atoms with E-state index in [-0.39, 0.29) is 19.6 Å². The molecule has 3 aromatic rings. The topological polar surface area (TPSA) is 105 Å². The smallest absolute Gasteiger partial charge is 0.338 e. The van der Waals surface area contributed by atoms with Crippen LogP contribution in [0.4, 0.5) is 16.2 Å². The van der Waals surface area contributed by atoms with Crippen molar-refractivity contribution in [3.05, 3.63) is 76.0 Å². The first kappa shape index (κ1) is 26.9. The van der Waals surface area contributed by atoms with Gasteiger partial charge in [0.2, 0.25) is 5.91 Å². The normalized spacial score (nSPS) is 15.1. The van der Waals surface area contributed by atoms with Crippen LogP contribution in [0.2, 0.25) is 0 Å². The maximum Gasteiger partial charge on any atom is 0.338 e.